The number of nitrogens with zero attached hydrogens (tertiary/aromatic N) is 1. The van der Waals surface area contributed by atoms with Crippen molar-refractivity contribution in [3.63, 3.8) is 0 Å². The Morgan fingerprint density at radius 3 is 2.55 bits per heavy atom. The standard InChI is InChI=1S/C16H20N2O4/c1-10(2)8-9-16(3)14(21)18(15(22)17-16)12-7-5-4-6-11(12)13(19)20/h4-7,10H,8-9H2,1-3H3,(H,17,22)(H,19,20). The molecule has 2 N–H and O–H groups in total. The summed E-state index contributed by atoms with van der Waals surface area (Å²) in [4.78, 5) is 37.1. The average molecular weight is 304 g/mol. The monoisotopic (exact) mass is 304 g/mol. The Kier molecular flexibility index (Phi) is 4.21. The van der Waals surface area contributed by atoms with Gasteiger partial charge in [0.25, 0.3) is 5.91 Å². The minimum atomic E-state index is -1.17. The van der Waals surface area contributed by atoms with Gasteiger partial charge in [-0.15, -0.1) is 0 Å². The van der Waals surface area contributed by atoms with Crippen LogP contribution in [0.2, 0.25) is 0 Å². The van der Waals surface area contributed by atoms with E-state index >= 15 is 0 Å². The molecule has 0 aliphatic carbocycles. The average Bonchev–Trinajstić information content (AvgIpc) is 2.67. The molecule has 1 unspecified atom stereocenters. The zero-order valence-corrected chi connectivity index (χ0v) is 12.9. The van der Waals surface area contributed by atoms with E-state index in [2.05, 4.69) is 5.32 Å². The lowest BCUT2D eigenvalue weighted by Gasteiger charge is -2.22. The molecule has 6 nitrogen and oxygen atoms in total. The number of carbonyl (C=O) groups excluding carboxylic acids is 2. The summed E-state index contributed by atoms with van der Waals surface area (Å²) in [6, 6.07) is 5.43. The first-order valence-electron chi connectivity index (χ1n) is 7.25. The van der Waals surface area contributed by atoms with Gasteiger partial charge in [-0.1, -0.05) is 26.0 Å². The van der Waals surface area contributed by atoms with Crippen LogP contribution in [0.15, 0.2) is 24.3 Å². The highest BCUT2D eigenvalue weighted by Gasteiger charge is 2.48. The number of para-hydroxylation sites is 1. The fourth-order valence-electron chi connectivity index (χ4n) is 2.50. The maximum Gasteiger partial charge on any atom is 0.337 e. The third-order valence-corrected chi connectivity index (χ3v) is 3.86. The van der Waals surface area contributed by atoms with Crippen LogP contribution in [0.3, 0.4) is 0 Å². The molecule has 1 fully saturated rings. The summed E-state index contributed by atoms with van der Waals surface area (Å²) < 4.78 is 0. The minimum absolute atomic E-state index is 0.0703. The molecule has 0 saturated carbocycles. The van der Waals surface area contributed by atoms with Crippen molar-refractivity contribution in [3.8, 4) is 0 Å². The third kappa shape index (κ3) is 2.81. The van der Waals surface area contributed by atoms with Gasteiger partial charge in [0.05, 0.1) is 11.3 Å². The van der Waals surface area contributed by atoms with Crippen molar-refractivity contribution >= 4 is 23.6 Å². The summed E-state index contributed by atoms with van der Waals surface area (Å²) in [5, 5.41) is 11.9. The van der Waals surface area contributed by atoms with E-state index in [-0.39, 0.29) is 11.3 Å². The van der Waals surface area contributed by atoms with E-state index in [1.54, 1.807) is 19.1 Å². The quantitative estimate of drug-likeness (QED) is 0.819. The third-order valence-electron chi connectivity index (χ3n) is 3.86. The van der Waals surface area contributed by atoms with Gasteiger partial charge in [-0.2, -0.15) is 0 Å². The van der Waals surface area contributed by atoms with Crippen LogP contribution in [0.4, 0.5) is 10.5 Å². The number of nitrogens with one attached hydrogen (secondary N) is 1. The molecule has 22 heavy (non-hydrogen) atoms. The van der Waals surface area contributed by atoms with Gasteiger partial charge in [0, 0.05) is 0 Å². The number of benzene rings is 1. The van der Waals surface area contributed by atoms with Crippen molar-refractivity contribution in [1.29, 1.82) is 0 Å². The molecular formula is C16H20N2O4. The fraction of sp³-hybridized carbons (Fsp3) is 0.438. The number of amides is 3. The number of imide groups is 1. The second kappa shape index (κ2) is 5.79. The van der Waals surface area contributed by atoms with Crippen molar-refractivity contribution in [2.24, 2.45) is 5.92 Å². The lowest BCUT2D eigenvalue weighted by Crippen LogP contribution is -2.44. The fourth-order valence-corrected chi connectivity index (χ4v) is 2.50. The molecule has 6 heteroatoms. The number of carbonyl (C=O) groups is 3. The van der Waals surface area contributed by atoms with Crippen LogP contribution in [0.25, 0.3) is 0 Å². The maximum absolute atomic E-state index is 12.7. The van der Waals surface area contributed by atoms with Crippen LogP contribution < -0.4 is 10.2 Å². The van der Waals surface area contributed by atoms with Crippen molar-refractivity contribution in [2.75, 3.05) is 4.90 Å². The van der Waals surface area contributed by atoms with Gasteiger partial charge in [-0.25, -0.2) is 14.5 Å². The molecule has 1 saturated heterocycles. The van der Waals surface area contributed by atoms with Crippen molar-refractivity contribution in [2.45, 2.75) is 39.2 Å². The largest absolute Gasteiger partial charge is 0.478 e. The molecule has 1 atom stereocenters. The van der Waals surface area contributed by atoms with Gasteiger partial charge in [0.1, 0.15) is 5.54 Å². The van der Waals surface area contributed by atoms with Crippen molar-refractivity contribution in [1.82, 2.24) is 5.32 Å². The van der Waals surface area contributed by atoms with E-state index in [0.29, 0.717) is 12.3 Å². The Bertz CT molecular complexity index is 626. The molecule has 1 aliphatic heterocycles. The Morgan fingerprint density at radius 1 is 1.32 bits per heavy atom. The first kappa shape index (κ1) is 16.0. The summed E-state index contributed by atoms with van der Waals surface area (Å²) in [6.07, 6.45) is 1.30. The van der Waals surface area contributed by atoms with Crippen LogP contribution >= 0.6 is 0 Å². The Balaban J connectivity index is 2.36. The number of hydrogen-bond donors (Lipinski definition) is 2. The minimum Gasteiger partial charge on any atom is -0.478 e. The van der Waals surface area contributed by atoms with Crippen LogP contribution in [-0.2, 0) is 4.79 Å². The Morgan fingerprint density at radius 2 is 1.95 bits per heavy atom. The second-order valence-electron chi connectivity index (χ2n) is 6.16. The summed E-state index contributed by atoms with van der Waals surface area (Å²) in [7, 11) is 0. The second-order valence-corrected chi connectivity index (χ2v) is 6.16. The molecule has 1 aliphatic rings. The molecule has 2 rings (SSSR count). The van der Waals surface area contributed by atoms with Gasteiger partial charge >= 0.3 is 12.0 Å². The smallest absolute Gasteiger partial charge is 0.337 e. The van der Waals surface area contributed by atoms with Crippen LogP contribution in [0.1, 0.15) is 44.0 Å². The Hall–Kier alpha value is -2.37. The molecular weight excluding hydrogens is 284 g/mol. The molecule has 0 spiro atoms. The molecule has 0 aromatic heterocycles. The zero-order valence-electron chi connectivity index (χ0n) is 12.9. The molecule has 118 valence electrons. The number of rotatable bonds is 5. The Labute approximate surface area is 129 Å². The highest BCUT2D eigenvalue weighted by atomic mass is 16.4. The number of hydrogen-bond acceptors (Lipinski definition) is 3. The molecule has 0 bridgehead atoms. The summed E-state index contributed by atoms with van der Waals surface area (Å²) >= 11 is 0. The molecule has 1 aromatic carbocycles. The van der Waals surface area contributed by atoms with E-state index in [4.69, 9.17) is 0 Å². The lowest BCUT2D eigenvalue weighted by molar-refractivity contribution is -0.121. The van der Waals surface area contributed by atoms with Crippen LogP contribution in [0, 0.1) is 5.92 Å². The number of anilines is 1. The number of aromatic carboxylic acids is 1. The predicted molar refractivity (Wildman–Crippen MR) is 81.9 cm³/mol. The summed E-state index contributed by atoms with van der Waals surface area (Å²) in [5.74, 6) is -1.18. The van der Waals surface area contributed by atoms with E-state index in [1.807, 2.05) is 13.8 Å². The highest BCUT2D eigenvalue weighted by Crippen LogP contribution is 2.30. The predicted octanol–water partition coefficient (Wildman–Crippen LogP) is 2.64. The molecule has 3 amide bonds. The van der Waals surface area contributed by atoms with E-state index in [9.17, 15) is 19.5 Å². The number of carboxylic acid groups (broad SMARTS) is 1. The summed E-state index contributed by atoms with van der Waals surface area (Å²) in [6.45, 7) is 5.77. The first-order chi connectivity index (χ1) is 10.3. The normalized spacial score (nSPS) is 21.4. The number of carboxylic acids is 1. The zero-order chi connectivity index (χ0) is 16.5. The topological polar surface area (TPSA) is 86.7 Å². The maximum atomic E-state index is 12.7. The van der Waals surface area contributed by atoms with Gasteiger partial charge < -0.3 is 10.4 Å². The number of urea groups is 1. The SMILES string of the molecule is CC(C)CCC1(C)NC(=O)N(c2ccccc2C(=O)O)C1=O. The van der Waals surface area contributed by atoms with Gasteiger partial charge in [-0.05, 0) is 37.8 Å². The highest BCUT2D eigenvalue weighted by molar-refractivity contribution is 6.24. The van der Waals surface area contributed by atoms with Crippen molar-refractivity contribution in [3.05, 3.63) is 29.8 Å². The van der Waals surface area contributed by atoms with Gasteiger partial charge in [0.2, 0.25) is 0 Å². The molecule has 1 aromatic rings. The van der Waals surface area contributed by atoms with Crippen LogP contribution in [0.5, 0.6) is 0 Å². The van der Waals surface area contributed by atoms with Gasteiger partial charge in [0.15, 0.2) is 0 Å². The lowest BCUT2D eigenvalue weighted by atomic mass is 9.92. The van der Waals surface area contributed by atoms with E-state index in [1.165, 1.54) is 12.1 Å². The van der Waals surface area contributed by atoms with Gasteiger partial charge in [-0.3, -0.25) is 4.79 Å². The first-order valence-corrected chi connectivity index (χ1v) is 7.25. The van der Waals surface area contributed by atoms with E-state index in [0.717, 1.165) is 11.3 Å². The summed E-state index contributed by atoms with van der Waals surface area (Å²) in [5.41, 5.74) is -0.961. The molecule has 0 radical (unpaired) electrons. The van der Waals surface area contributed by atoms with Crippen molar-refractivity contribution < 1.29 is 19.5 Å². The van der Waals surface area contributed by atoms with E-state index < -0.39 is 23.4 Å². The molecule has 1 heterocycles. The van der Waals surface area contributed by atoms with Crippen LogP contribution in [-0.4, -0.2) is 28.6 Å².